The fourth-order valence-electron chi connectivity index (χ4n) is 0.515. The van der Waals surface area contributed by atoms with E-state index in [1.54, 1.807) is 7.11 Å². The van der Waals surface area contributed by atoms with Gasteiger partial charge in [0.2, 0.25) is 0 Å². The third kappa shape index (κ3) is 5.53. The van der Waals surface area contributed by atoms with Crippen molar-refractivity contribution in [3.8, 4) is 0 Å². The molecule has 0 amide bonds. The summed E-state index contributed by atoms with van der Waals surface area (Å²) in [5, 5.41) is 6.83. The zero-order valence-electron chi connectivity index (χ0n) is 6.39. The third-order valence-electron chi connectivity index (χ3n) is 0.925. The molecule has 4 heteroatoms. The number of nitrogens with two attached hydrogens (primary N) is 1. The summed E-state index contributed by atoms with van der Waals surface area (Å²) in [5.41, 5.74) is 5.05. The van der Waals surface area contributed by atoms with Crippen molar-refractivity contribution in [3.63, 3.8) is 0 Å². The first-order chi connectivity index (χ1) is 4.66. The Labute approximate surface area is 60.8 Å². The highest BCUT2D eigenvalue weighted by atomic mass is 16.5. The normalized spacial score (nSPS) is 13.0. The lowest BCUT2D eigenvalue weighted by Crippen LogP contribution is -2.23. The van der Waals surface area contributed by atoms with Gasteiger partial charge in [0.05, 0.1) is 12.7 Å². The van der Waals surface area contributed by atoms with Gasteiger partial charge in [-0.05, 0) is 6.92 Å². The van der Waals surface area contributed by atoms with Gasteiger partial charge >= 0.3 is 0 Å². The van der Waals surface area contributed by atoms with E-state index in [0.717, 1.165) is 0 Å². The van der Waals surface area contributed by atoms with Gasteiger partial charge in [0, 0.05) is 7.11 Å². The second kappa shape index (κ2) is 5.20. The first kappa shape index (κ1) is 9.39. The summed E-state index contributed by atoms with van der Waals surface area (Å²) in [6, 6.07) is 0. The van der Waals surface area contributed by atoms with Crippen LogP contribution in [0.15, 0.2) is 0 Å². The Balaban J connectivity index is 3.21. The maximum atomic E-state index is 6.83. The van der Waals surface area contributed by atoms with Crippen molar-refractivity contribution >= 4 is 5.84 Å². The molecule has 10 heavy (non-hydrogen) atoms. The van der Waals surface area contributed by atoms with Gasteiger partial charge in [0.1, 0.15) is 12.4 Å². The summed E-state index contributed by atoms with van der Waals surface area (Å²) in [4.78, 5) is 0. The summed E-state index contributed by atoms with van der Waals surface area (Å²) in [7, 11) is 1.60. The molecular formula is C6H14N2O2. The molecule has 0 saturated heterocycles. The second-order valence-corrected chi connectivity index (χ2v) is 2.10. The van der Waals surface area contributed by atoms with Gasteiger partial charge in [0.15, 0.2) is 0 Å². The predicted molar refractivity (Wildman–Crippen MR) is 39.2 cm³/mol. The van der Waals surface area contributed by atoms with E-state index in [2.05, 4.69) is 0 Å². The van der Waals surface area contributed by atoms with Crippen LogP contribution in [-0.2, 0) is 9.47 Å². The Hall–Kier alpha value is -0.610. The molecule has 0 aliphatic carbocycles. The maximum Gasteiger partial charge on any atom is 0.117 e. The minimum Gasteiger partial charge on any atom is -0.386 e. The lowest BCUT2D eigenvalue weighted by atomic mass is 10.4. The average molecular weight is 146 g/mol. The van der Waals surface area contributed by atoms with Crippen LogP contribution in [0.25, 0.3) is 0 Å². The fraction of sp³-hybridized carbons (Fsp3) is 0.833. The summed E-state index contributed by atoms with van der Waals surface area (Å²) in [5.74, 6) is 0.0444. The Bertz CT molecular complexity index is 106. The van der Waals surface area contributed by atoms with E-state index in [1.807, 2.05) is 6.92 Å². The van der Waals surface area contributed by atoms with Gasteiger partial charge in [0.25, 0.3) is 0 Å². The second-order valence-electron chi connectivity index (χ2n) is 2.10. The molecule has 0 spiro atoms. The quantitative estimate of drug-likeness (QED) is 0.423. The van der Waals surface area contributed by atoms with Gasteiger partial charge in [-0.2, -0.15) is 0 Å². The van der Waals surface area contributed by atoms with Crippen LogP contribution in [-0.4, -0.2) is 32.3 Å². The molecule has 0 aromatic rings. The lowest BCUT2D eigenvalue weighted by Gasteiger charge is -2.10. The average Bonchev–Trinajstić information content (AvgIpc) is 1.85. The molecule has 0 aromatic heterocycles. The zero-order valence-corrected chi connectivity index (χ0v) is 6.39. The molecule has 0 aliphatic heterocycles. The summed E-state index contributed by atoms with van der Waals surface area (Å²) >= 11 is 0. The number of ether oxygens (including phenoxy) is 2. The van der Waals surface area contributed by atoms with Crippen molar-refractivity contribution < 1.29 is 9.47 Å². The van der Waals surface area contributed by atoms with Crippen LogP contribution in [0, 0.1) is 5.41 Å². The topological polar surface area (TPSA) is 68.3 Å². The van der Waals surface area contributed by atoms with Crippen LogP contribution < -0.4 is 5.73 Å². The number of amidine groups is 1. The summed E-state index contributed by atoms with van der Waals surface area (Å²) in [6.07, 6.45) is 0.00824. The monoisotopic (exact) mass is 146 g/mol. The van der Waals surface area contributed by atoms with E-state index in [-0.39, 0.29) is 18.5 Å². The number of hydrogen-bond donors (Lipinski definition) is 2. The highest BCUT2D eigenvalue weighted by Gasteiger charge is 2.00. The third-order valence-corrected chi connectivity index (χ3v) is 0.925. The molecule has 0 fully saturated rings. The SMILES string of the molecule is COCC(C)OCC(=N)N. The van der Waals surface area contributed by atoms with Gasteiger partial charge in [-0.15, -0.1) is 0 Å². The highest BCUT2D eigenvalue weighted by molar-refractivity contribution is 5.78. The van der Waals surface area contributed by atoms with E-state index in [0.29, 0.717) is 6.61 Å². The van der Waals surface area contributed by atoms with Crippen molar-refractivity contribution in [1.82, 2.24) is 0 Å². The molecule has 0 rings (SSSR count). The van der Waals surface area contributed by atoms with Crippen LogP contribution >= 0.6 is 0 Å². The molecule has 0 saturated carbocycles. The molecule has 0 bridgehead atoms. The first-order valence-electron chi connectivity index (χ1n) is 3.10. The molecule has 60 valence electrons. The zero-order chi connectivity index (χ0) is 7.98. The van der Waals surface area contributed by atoms with E-state index in [4.69, 9.17) is 20.6 Å². The summed E-state index contributed by atoms with van der Waals surface area (Å²) in [6.45, 7) is 2.59. The van der Waals surface area contributed by atoms with Crippen LogP contribution in [0.1, 0.15) is 6.92 Å². The Morgan fingerprint density at radius 3 is 2.70 bits per heavy atom. The highest BCUT2D eigenvalue weighted by Crippen LogP contribution is 1.89. The lowest BCUT2D eigenvalue weighted by molar-refractivity contribution is 0.0269. The number of rotatable bonds is 5. The van der Waals surface area contributed by atoms with E-state index >= 15 is 0 Å². The number of methoxy groups -OCH3 is 1. The number of nitrogens with one attached hydrogen (secondary N) is 1. The van der Waals surface area contributed by atoms with Crippen molar-refractivity contribution in [1.29, 1.82) is 5.41 Å². The predicted octanol–water partition coefficient (Wildman–Crippen LogP) is -0.0261. The van der Waals surface area contributed by atoms with Crippen LogP contribution in [0.5, 0.6) is 0 Å². The standard InChI is InChI=1S/C6H14N2O2/c1-5(3-9-2)10-4-6(7)8/h5H,3-4H2,1-2H3,(H3,7,8). The van der Waals surface area contributed by atoms with Gasteiger partial charge < -0.3 is 15.2 Å². The molecule has 1 atom stereocenters. The molecule has 4 nitrogen and oxygen atoms in total. The minimum absolute atomic E-state index is 0.00824. The molecule has 0 aliphatic rings. The van der Waals surface area contributed by atoms with Crippen LogP contribution in [0.3, 0.4) is 0 Å². The molecule has 0 heterocycles. The van der Waals surface area contributed by atoms with Gasteiger partial charge in [-0.1, -0.05) is 0 Å². The molecule has 3 N–H and O–H groups in total. The summed E-state index contributed by atoms with van der Waals surface area (Å²) < 4.78 is 9.87. The Morgan fingerprint density at radius 2 is 2.30 bits per heavy atom. The maximum absolute atomic E-state index is 6.83. The van der Waals surface area contributed by atoms with Crippen molar-refractivity contribution in [2.24, 2.45) is 5.73 Å². The number of hydrogen-bond acceptors (Lipinski definition) is 3. The smallest absolute Gasteiger partial charge is 0.117 e. The fourth-order valence-corrected chi connectivity index (χ4v) is 0.515. The molecular weight excluding hydrogens is 132 g/mol. The molecule has 0 radical (unpaired) electrons. The van der Waals surface area contributed by atoms with E-state index in [9.17, 15) is 0 Å². The minimum atomic E-state index is 0.00824. The first-order valence-corrected chi connectivity index (χ1v) is 3.10. The van der Waals surface area contributed by atoms with Crippen molar-refractivity contribution in [3.05, 3.63) is 0 Å². The van der Waals surface area contributed by atoms with Gasteiger partial charge in [-0.3, -0.25) is 5.41 Å². The van der Waals surface area contributed by atoms with Crippen LogP contribution in [0.4, 0.5) is 0 Å². The van der Waals surface area contributed by atoms with E-state index in [1.165, 1.54) is 0 Å². The van der Waals surface area contributed by atoms with Gasteiger partial charge in [-0.25, -0.2) is 0 Å². The van der Waals surface area contributed by atoms with E-state index < -0.39 is 0 Å². The Morgan fingerprint density at radius 1 is 1.70 bits per heavy atom. The van der Waals surface area contributed by atoms with Crippen molar-refractivity contribution in [2.45, 2.75) is 13.0 Å². The molecule has 1 unspecified atom stereocenters. The Kier molecular flexibility index (Phi) is 4.88. The van der Waals surface area contributed by atoms with Crippen LogP contribution in [0.2, 0.25) is 0 Å². The van der Waals surface area contributed by atoms with Crippen molar-refractivity contribution in [2.75, 3.05) is 20.3 Å². The largest absolute Gasteiger partial charge is 0.386 e. The molecule has 0 aromatic carbocycles.